The van der Waals surface area contributed by atoms with E-state index in [1.54, 1.807) is 24.7 Å². The summed E-state index contributed by atoms with van der Waals surface area (Å²) in [7, 11) is 0. The van der Waals surface area contributed by atoms with E-state index >= 15 is 0 Å². The molecule has 0 unspecified atom stereocenters. The number of carbonyl (C=O) groups excluding carboxylic acids is 3. The predicted molar refractivity (Wildman–Crippen MR) is 108 cm³/mol. The SMILES string of the molecule is O=C(C[C@@H]1NC(=O)N(c2cccc3ccccc23)C1=O)NCCCn1ccnc1. The number of nitrogens with one attached hydrogen (secondary N) is 2. The molecule has 3 aromatic rings. The first kappa shape index (κ1) is 18.7. The highest BCUT2D eigenvalue weighted by Gasteiger charge is 2.40. The van der Waals surface area contributed by atoms with Crippen molar-refractivity contribution < 1.29 is 14.4 Å². The van der Waals surface area contributed by atoms with Crippen LogP contribution in [0.15, 0.2) is 61.2 Å². The van der Waals surface area contributed by atoms with Crippen LogP contribution in [-0.2, 0) is 16.1 Å². The van der Waals surface area contributed by atoms with Crippen LogP contribution in [0.3, 0.4) is 0 Å². The zero-order chi connectivity index (χ0) is 20.2. The summed E-state index contributed by atoms with van der Waals surface area (Å²) in [6.45, 7) is 1.23. The number of benzene rings is 2. The number of hydrogen-bond acceptors (Lipinski definition) is 4. The number of amides is 4. The Kier molecular flexibility index (Phi) is 5.24. The van der Waals surface area contributed by atoms with E-state index in [1.165, 1.54) is 0 Å². The second kappa shape index (κ2) is 8.14. The van der Waals surface area contributed by atoms with Gasteiger partial charge in [0.2, 0.25) is 5.91 Å². The van der Waals surface area contributed by atoms with Crippen molar-refractivity contribution in [3.05, 3.63) is 61.2 Å². The van der Waals surface area contributed by atoms with E-state index in [9.17, 15) is 14.4 Å². The van der Waals surface area contributed by atoms with Crippen LogP contribution in [0.5, 0.6) is 0 Å². The van der Waals surface area contributed by atoms with Gasteiger partial charge in [0.25, 0.3) is 5.91 Å². The molecular weight excluding hydrogens is 370 g/mol. The molecule has 1 aliphatic rings. The summed E-state index contributed by atoms with van der Waals surface area (Å²) in [6.07, 6.45) is 5.94. The fourth-order valence-corrected chi connectivity index (χ4v) is 3.47. The van der Waals surface area contributed by atoms with Crippen LogP contribution in [0.4, 0.5) is 10.5 Å². The fraction of sp³-hybridized carbons (Fsp3) is 0.238. The average Bonchev–Trinajstić information content (AvgIpc) is 3.33. The number of hydrogen-bond donors (Lipinski definition) is 2. The minimum Gasteiger partial charge on any atom is -0.356 e. The molecule has 1 atom stereocenters. The minimum absolute atomic E-state index is 0.0864. The molecule has 1 fully saturated rings. The molecule has 4 rings (SSSR count). The monoisotopic (exact) mass is 391 g/mol. The fourth-order valence-electron chi connectivity index (χ4n) is 3.47. The Morgan fingerprint density at radius 3 is 2.79 bits per heavy atom. The van der Waals surface area contributed by atoms with Crippen molar-refractivity contribution in [1.82, 2.24) is 20.2 Å². The lowest BCUT2D eigenvalue weighted by atomic mass is 10.1. The van der Waals surface area contributed by atoms with Crippen LogP contribution >= 0.6 is 0 Å². The Bertz CT molecular complexity index is 1040. The Morgan fingerprint density at radius 2 is 1.97 bits per heavy atom. The van der Waals surface area contributed by atoms with Gasteiger partial charge in [0.15, 0.2) is 0 Å². The van der Waals surface area contributed by atoms with E-state index in [0.29, 0.717) is 12.2 Å². The summed E-state index contributed by atoms with van der Waals surface area (Å²) in [4.78, 5) is 42.6. The van der Waals surface area contributed by atoms with Crippen molar-refractivity contribution in [2.24, 2.45) is 0 Å². The molecule has 8 heteroatoms. The van der Waals surface area contributed by atoms with E-state index < -0.39 is 18.0 Å². The van der Waals surface area contributed by atoms with Crippen LogP contribution in [0, 0.1) is 0 Å². The third kappa shape index (κ3) is 3.96. The predicted octanol–water partition coefficient (Wildman–Crippen LogP) is 2.06. The first-order valence-electron chi connectivity index (χ1n) is 9.48. The maximum atomic E-state index is 12.8. The number of rotatable bonds is 7. The van der Waals surface area contributed by atoms with Gasteiger partial charge in [-0.1, -0.05) is 36.4 Å². The maximum absolute atomic E-state index is 12.8. The molecule has 148 valence electrons. The topological polar surface area (TPSA) is 96.3 Å². The highest BCUT2D eigenvalue weighted by molar-refractivity contribution is 6.24. The molecule has 0 aliphatic carbocycles. The van der Waals surface area contributed by atoms with Crippen molar-refractivity contribution in [1.29, 1.82) is 0 Å². The molecule has 2 N–H and O–H groups in total. The highest BCUT2D eigenvalue weighted by atomic mass is 16.2. The standard InChI is InChI=1S/C21H21N5O3/c27-19(23-9-4-11-25-12-10-22-14-25)13-17-20(28)26(21(29)24-17)18-8-3-6-15-5-1-2-7-16(15)18/h1-3,5-8,10,12,14,17H,4,9,11,13H2,(H,23,27)(H,24,29)/t17-/m0/s1. The number of aromatic nitrogens is 2. The second-order valence-electron chi connectivity index (χ2n) is 6.88. The Balaban J connectivity index is 1.37. The first-order chi connectivity index (χ1) is 14.1. The van der Waals surface area contributed by atoms with Gasteiger partial charge in [0.1, 0.15) is 6.04 Å². The number of nitrogens with zero attached hydrogens (tertiary/aromatic N) is 3. The zero-order valence-corrected chi connectivity index (χ0v) is 15.7. The van der Waals surface area contributed by atoms with Crippen molar-refractivity contribution in [2.75, 3.05) is 11.4 Å². The normalized spacial score (nSPS) is 16.3. The van der Waals surface area contributed by atoms with Crippen LogP contribution in [0.2, 0.25) is 0 Å². The lowest BCUT2D eigenvalue weighted by Gasteiger charge is -2.15. The Hall–Kier alpha value is -3.68. The number of anilines is 1. The molecule has 0 saturated carbocycles. The lowest BCUT2D eigenvalue weighted by Crippen LogP contribution is -2.37. The third-order valence-corrected chi connectivity index (χ3v) is 4.89. The van der Waals surface area contributed by atoms with Gasteiger partial charge in [-0.25, -0.2) is 14.7 Å². The number of fused-ring (bicyclic) bond motifs is 1. The molecule has 1 saturated heterocycles. The van der Waals surface area contributed by atoms with E-state index in [4.69, 9.17) is 0 Å². The van der Waals surface area contributed by atoms with Gasteiger partial charge in [-0.3, -0.25) is 9.59 Å². The summed E-state index contributed by atoms with van der Waals surface area (Å²) in [5.74, 6) is -0.686. The van der Waals surface area contributed by atoms with E-state index in [-0.39, 0.29) is 12.3 Å². The molecule has 0 spiro atoms. The van der Waals surface area contributed by atoms with Crippen molar-refractivity contribution >= 4 is 34.3 Å². The van der Waals surface area contributed by atoms with E-state index in [2.05, 4.69) is 15.6 Å². The molecular formula is C21H21N5O3. The summed E-state index contributed by atoms with van der Waals surface area (Å²) in [5, 5.41) is 7.17. The van der Waals surface area contributed by atoms with Gasteiger partial charge in [0, 0.05) is 30.9 Å². The number of imidazole rings is 1. The van der Waals surface area contributed by atoms with Crippen molar-refractivity contribution in [3.8, 4) is 0 Å². The van der Waals surface area contributed by atoms with Gasteiger partial charge in [0.05, 0.1) is 18.4 Å². The summed E-state index contributed by atoms with van der Waals surface area (Å²) in [5.41, 5.74) is 0.522. The van der Waals surface area contributed by atoms with Crippen LogP contribution < -0.4 is 15.5 Å². The molecule has 4 amide bonds. The summed E-state index contributed by atoms with van der Waals surface area (Å²) >= 11 is 0. The molecule has 8 nitrogen and oxygen atoms in total. The first-order valence-corrected chi connectivity index (χ1v) is 9.48. The van der Waals surface area contributed by atoms with Crippen LogP contribution in [0.25, 0.3) is 10.8 Å². The van der Waals surface area contributed by atoms with Gasteiger partial charge in [-0.2, -0.15) is 0 Å². The zero-order valence-electron chi connectivity index (χ0n) is 15.7. The Labute approximate surface area is 167 Å². The number of aryl methyl sites for hydroxylation is 1. The smallest absolute Gasteiger partial charge is 0.329 e. The average molecular weight is 391 g/mol. The minimum atomic E-state index is -0.866. The summed E-state index contributed by atoms with van der Waals surface area (Å²) in [6, 6.07) is 11.6. The van der Waals surface area contributed by atoms with Gasteiger partial charge in [-0.05, 0) is 17.9 Å². The van der Waals surface area contributed by atoms with E-state index in [1.807, 2.05) is 41.1 Å². The second-order valence-corrected chi connectivity index (χ2v) is 6.88. The van der Waals surface area contributed by atoms with Crippen molar-refractivity contribution in [2.45, 2.75) is 25.4 Å². The van der Waals surface area contributed by atoms with Gasteiger partial charge < -0.3 is 15.2 Å². The maximum Gasteiger partial charge on any atom is 0.329 e. The van der Waals surface area contributed by atoms with Gasteiger partial charge in [-0.15, -0.1) is 0 Å². The lowest BCUT2D eigenvalue weighted by molar-refractivity contribution is -0.125. The number of urea groups is 1. The molecule has 29 heavy (non-hydrogen) atoms. The molecule has 1 aliphatic heterocycles. The molecule has 0 bridgehead atoms. The largest absolute Gasteiger partial charge is 0.356 e. The Morgan fingerprint density at radius 1 is 1.14 bits per heavy atom. The van der Waals surface area contributed by atoms with Crippen LogP contribution in [0.1, 0.15) is 12.8 Å². The van der Waals surface area contributed by atoms with Crippen molar-refractivity contribution in [3.63, 3.8) is 0 Å². The molecule has 0 radical (unpaired) electrons. The van der Waals surface area contributed by atoms with Crippen LogP contribution in [-0.4, -0.2) is 40.0 Å². The number of imide groups is 1. The van der Waals surface area contributed by atoms with Gasteiger partial charge >= 0.3 is 6.03 Å². The molecule has 1 aromatic heterocycles. The highest BCUT2D eigenvalue weighted by Crippen LogP contribution is 2.29. The summed E-state index contributed by atoms with van der Waals surface area (Å²) < 4.78 is 1.93. The third-order valence-electron chi connectivity index (χ3n) is 4.89. The van der Waals surface area contributed by atoms with E-state index in [0.717, 1.165) is 28.6 Å². The number of carbonyl (C=O) groups is 3. The molecule has 2 heterocycles. The molecule has 2 aromatic carbocycles. The quantitative estimate of drug-likeness (QED) is 0.476.